The number of nitrogens with zero attached hydrogens (tertiary/aromatic N) is 1. The first-order valence-corrected chi connectivity index (χ1v) is 14.0. The van der Waals surface area contributed by atoms with E-state index in [0.717, 1.165) is 12.0 Å². The van der Waals surface area contributed by atoms with Gasteiger partial charge in [0.2, 0.25) is 0 Å². The van der Waals surface area contributed by atoms with Gasteiger partial charge in [0.1, 0.15) is 17.2 Å². The normalized spacial score (nSPS) is 11.6. The van der Waals surface area contributed by atoms with Gasteiger partial charge in [-0.3, -0.25) is 0 Å². The first kappa shape index (κ1) is 28.7. The quantitative estimate of drug-likeness (QED) is 0.0857. The van der Waals surface area contributed by atoms with E-state index < -0.39 is 0 Å². The van der Waals surface area contributed by atoms with Crippen LogP contribution in [0.15, 0.2) is 53.7 Å². The molecule has 0 unspecified atom stereocenters. The van der Waals surface area contributed by atoms with Gasteiger partial charge in [-0.25, -0.2) is 0 Å². The summed E-state index contributed by atoms with van der Waals surface area (Å²) in [4.78, 5) is 0. The second-order valence-electron chi connectivity index (χ2n) is 9.65. The Kier molecular flexibility index (Phi) is 15.4. The molecule has 35 heavy (non-hydrogen) atoms. The second kappa shape index (κ2) is 18.8. The Bertz CT molecular complexity index is 819. The average molecular weight is 482 g/mol. The second-order valence-corrected chi connectivity index (χ2v) is 9.65. The topological polar surface area (TPSA) is 62.0 Å². The van der Waals surface area contributed by atoms with E-state index in [1.807, 2.05) is 36.4 Å². The first-order valence-electron chi connectivity index (χ1n) is 14.0. The Morgan fingerprint density at radius 3 is 1.69 bits per heavy atom. The molecule has 0 heterocycles. The van der Waals surface area contributed by atoms with Gasteiger partial charge in [0, 0.05) is 17.2 Å². The van der Waals surface area contributed by atoms with Crippen molar-refractivity contribution in [3.8, 4) is 11.5 Å². The van der Waals surface area contributed by atoms with Crippen LogP contribution in [0.4, 0.5) is 0 Å². The number of ether oxygens (including phenoxy) is 1. The van der Waals surface area contributed by atoms with Gasteiger partial charge < -0.3 is 15.1 Å². The van der Waals surface area contributed by atoms with Crippen LogP contribution in [-0.2, 0) is 0 Å². The van der Waals surface area contributed by atoms with Crippen LogP contribution in [0.3, 0.4) is 0 Å². The predicted molar refractivity (Wildman–Crippen MR) is 147 cm³/mol. The van der Waals surface area contributed by atoms with Crippen molar-refractivity contribution in [3.63, 3.8) is 0 Å². The van der Waals surface area contributed by atoms with Crippen LogP contribution < -0.4 is 4.74 Å². The van der Waals surface area contributed by atoms with Crippen molar-refractivity contribution in [2.24, 2.45) is 5.16 Å². The lowest BCUT2D eigenvalue weighted by atomic mass is 10.0. The highest BCUT2D eigenvalue weighted by Gasteiger charge is 2.13. The molecule has 0 aliphatic rings. The molecular formula is C31H47NO3. The summed E-state index contributed by atoms with van der Waals surface area (Å²) >= 11 is 0. The molecular weight excluding hydrogens is 434 g/mol. The molecule has 2 aromatic rings. The standard InChI is InChI=1S/C31H47NO3/c1-2-3-4-5-6-7-8-9-10-11-12-13-14-15-16-20-25-35-28-23-24-29(30(33)26-28)31(32-34)27-21-18-17-19-22-27/h17-19,21-24,26,33-34H,2-16,20,25H2,1H3/b32-31+. The molecule has 0 saturated carbocycles. The molecule has 0 fully saturated rings. The van der Waals surface area contributed by atoms with Crippen LogP contribution in [0, 0.1) is 0 Å². The summed E-state index contributed by atoms with van der Waals surface area (Å²) in [6.45, 7) is 2.93. The van der Waals surface area contributed by atoms with E-state index in [4.69, 9.17) is 4.74 Å². The van der Waals surface area contributed by atoms with E-state index in [9.17, 15) is 10.3 Å². The fourth-order valence-electron chi connectivity index (χ4n) is 4.50. The van der Waals surface area contributed by atoms with Crippen LogP contribution >= 0.6 is 0 Å². The largest absolute Gasteiger partial charge is 0.507 e. The first-order chi connectivity index (χ1) is 17.3. The number of benzene rings is 2. The zero-order chi connectivity index (χ0) is 25.0. The lowest BCUT2D eigenvalue weighted by Gasteiger charge is -2.10. The molecule has 0 aromatic heterocycles. The summed E-state index contributed by atoms with van der Waals surface area (Å²) in [7, 11) is 0. The van der Waals surface area contributed by atoms with E-state index in [1.54, 1.807) is 12.1 Å². The summed E-state index contributed by atoms with van der Waals surface area (Å²) in [6, 6.07) is 14.5. The van der Waals surface area contributed by atoms with Crippen LogP contribution in [0.5, 0.6) is 11.5 Å². The van der Waals surface area contributed by atoms with Crippen molar-refractivity contribution >= 4 is 5.71 Å². The third-order valence-corrected chi connectivity index (χ3v) is 6.64. The van der Waals surface area contributed by atoms with E-state index in [0.29, 0.717) is 23.6 Å². The maximum atomic E-state index is 10.4. The number of oxime groups is 1. The maximum absolute atomic E-state index is 10.4. The molecule has 0 radical (unpaired) electrons. The molecule has 0 saturated heterocycles. The zero-order valence-electron chi connectivity index (χ0n) is 21.9. The van der Waals surface area contributed by atoms with Gasteiger partial charge in [-0.2, -0.15) is 0 Å². The van der Waals surface area contributed by atoms with Crippen molar-refractivity contribution in [1.82, 2.24) is 0 Å². The molecule has 0 aliphatic carbocycles. The molecule has 4 heteroatoms. The fraction of sp³-hybridized carbons (Fsp3) is 0.581. The van der Waals surface area contributed by atoms with Crippen molar-refractivity contribution in [2.45, 2.75) is 110 Å². The number of aromatic hydroxyl groups is 1. The van der Waals surface area contributed by atoms with Crippen LogP contribution in [0.2, 0.25) is 0 Å². The minimum atomic E-state index is 0.0473. The highest BCUT2D eigenvalue weighted by molar-refractivity contribution is 6.14. The number of hydrogen-bond donors (Lipinski definition) is 2. The lowest BCUT2D eigenvalue weighted by Crippen LogP contribution is -2.04. The van der Waals surface area contributed by atoms with E-state index in [-0.39, 0.29) is 5.75 Å². The van der Waals surface area contributed by atoms with E-state index in [1.165, 1.54) is 96.3 Å². The van der Waals surface area contributed by atoms with E-state index >= 15 is 0 Å². The summed E-state index contributed by atoms with van der Waals surface area (Å²) in [5.74, 6) is 0.684. The molecule has 0 amide bonds. The minimum Gasteiger partial charge on any atom is -0.507 e. The smallest absolute Gasteiger partial charge is 0.128 e. The molecule has 0 spiro atoms. The highest BCUT2D eigenvalue weighted by atomic mass is 16.5. The molecule has 0 bridgehead atoms. The molecule has 0 atom stereocenters. The number of phenolic OH excluding ortho intramolecular Hbond substituents is 1. The van der Waals surface area contributed by atoms with Crippen molar-refractivity contribution < 1.29 is 15.1 Å². The molecule has 2 aromatic carbocycles. The summed E-state index contributed by atoms with van der Waals surface area (Å²) in [5.41, 5.74) is 1.56. The highest BCUT2D eigenvalue weighted by Crippen LogP contribution is 2.26. The van der Waals surface area contributed by atoms with E-state index in [2.05, 4.69) is 12.1 Å². The Morgan fingerprint density at radius 2 is 1.20 bits per heavy atom. The number of unbranched alkanes of at least 4 members (excludes halogenated alkanes) is 15. The Hall–Kier alpha value is -2.49. The monoisotopic (exact) mass is 481 g/mol. The Labute approximate surface area is 213 Å². The van der Waals surface area contributed by atoms with Gasteiger partial charge >= 0.3 is 0 Å². The van der Waals surface area contributed by atoms with Crippen molar-refractivity contribution in [3.05, 3.63) is 59.7 Å². The zero-order valence-corrected chi connectivity index (χ0v) is 21.9. The number of phenols is 1. The molecule has 2 N–H and O–H groups in total. The summed E-state index contributed by atoms with van der Waals surface area (Å²) in [6.07, 6.45) is 21.6. The molecule has 2 rings (SSSR count). The molecule has 4 nitrogen and oxygen atoms in total. The summed E-state index contributed by atoms with van der Waals surface area (Å²) in [5, 5.41) is 23.2. The Balaban J connectivity index is 1.48. The predicted octanol–water partition coefficient (Wildman–Crippen LogP) is 9.26. The maximum Gasteiger partial charge on any atom is 0.128 e. The number of hydrogen-bond acceptors (Lipinski definition) is 4. The van der Waals surface area contributed by atoms with Crippen LogP contribution in [0.1, 0.15) is 121 Å². The SMILES string of the molecule is CCCCCCCCCCCCCCCCCCOc1ccc(/C(=N/O)c2ccccc2)c(O)c1. The van der Waals surface area contributed by atoms with Gasteiger partial charge in [0.05, 0.1) is 6.61 Å². The third-order valence-electron chi connectivity index (χ3n) is 6.64. The average Bonchev–Trinajstić information content (AvgIpc) is 2.88. The lowest BCUT2D eigenvalue weighted by molar-refractivity contribution is 0.302. The van der Waals surface area contributed by atoms with Gasteiger partial charge in [-0.1, -0.05) is 139 Å². The summed E-state index contributed by atoms with van der Waals surface area (Å²) < 4.78 is 5.82. The Morgan fingerprint density at radius 1 is 0.686 bits per heavy atom. The fourth-order valence-corrected chi connectivity index (χ4v) is 4.50. The minimum absolute atomic E-state index is 0.0473. The van der Waals surface area contributed by atoms with Crippen LogP contribution in [-0.4, -0.2) is 22.6 Å². The van der Waals surface area contributed by atoms with Gasteiger partial charge in [-0.15, -0.1) is 0 Å². The van der Waals surface area contributed by atoms with Crippen molar-refractivity contribution in [2.75, 3.05) is 6.61 Å². The van der Waals surface area contributed by atoms with Gasteiger partial charge in [0.25, 0.3) is 0 Å². The number of rotatable bonds is 20. The molecule has 194 valence electrons. The van der Waals surface area contributed by atoms with Crippen LogP contribution in [0.25, 0.3) is 0 Å². The van der Waals surface area contributed by atoms with Gasteiger partial charge in [0.15, 0.2) is 0 Å². The third kappa shape index (κ3) is 12.2. The van der Waals surface area contributed by atoms with Gasteiger partial charge in [-0.05, 0) is 18.6 Å². The van der Waals surface area contributed by atoms with Crippen molar-refractivity contribution in [1.29, 1.82) is 0 Å². The molecule has 0 aliphatic heterocycles.